The van der Waals surface area contributed by atoms with E-state index in [0.717, 1.165) is 10.4 Å². The number of hydrogen-bond donors (Lipinski definition) is 2. The number of hydrogen-bond acceptors (Lipinski definition) is 8. The molecule has 2 aliphatic rings. The Morgan fingerprint density at radius 1 is 1.07 bits per heavy atom. The summed E-state index contributed by atoms with van der Waals surface area (Å²) in [6.07, 6.45) is 0.308. The van der Waals surface area contributed by atoms with E-state index in [9.17, 15) is 24.3 Å². The van der Waals surface area contributed by atoms with Crippen molar-refractivity contribution in [3.8, 4) is 5.75 Å². The number of β-lactam (4-membered cyclic amide) rings is 1. The number of fused-ring (bicyclic) bond motifs is 1. The number of carboxylic acid groups (broad SMARTS) is 1. The summed E-state index contributed by atoms with van der Waals surface area (Å²) in [5, 5.41) is 14.5. The maximum Gasteiger partial charge on any atom is 0.352 e. The summed E-state index contributed by atoms with van der Waals surface area (Å²) in [7, 11) is 2.85. The van der Waals surface area contributed by atoms with Crippen LogP contribution < -0.4 is 10.1 Å². The molecule has 3 aromatic rings. The molecule has 2 aromatic carbocycles. The number of rotatable bonds is 9. The Hall–Kier alpha value is -4.09. The first-order chi connectivity index (χ1) is 19.3. The summed E-state index contributed by atoms with van der Waals surface area (Å²) >= 11 is 2.85. The Labute approximate surface area is 238 Å². The number of benzene rings is 2. The van der Waals surface area contributed by atoms with Crippen LogP contribution in [0.25, 0.3) is 5.57 Å². The topological polar surface area (TPSA) is 122 Å². The average Bonchev–Trinajstić information content (AvgIpc) is 3.48. The van der Waals surface area contributed by atoms with Crippen molar-refractivity contribution in [2.75, 3.05) is 20.0 Å². The number of esters is 1. The van der Waals surface area contributed by atoms with E-state index >= 15 is 0 Å². The molecule has 40 heavy (non-hydrogen) atoms. The van der Waals surface area contributed by atoms with Crippen LogP contribution in [-0.4, -0.2) is 64.6 Å². The largest absolute Gasteiger partial charge is 0.497 e. The molecular formula is C29H26N2O7S2. The van der Waals surface area contributed by atoms with E-state index < -0.39 is 28.8 Å². The van der Waals surface area contributed by atoms with E-state index in [-0.39, 0.29) is 24.4 Å². The van der Waals surface area contributed by atoms with Crippen molar-refractivity contribution in [3.05, 3.63) is 93.3 Å². The molecule has 5 rings (SSSR count). The monoisotopic (exact) mass is 578 g/mol. The average molecular weight is 579 g/mol. The number of nitrogens with zero attached hydrogens (tertiary/aromatic N) is 1. The molecule has 1 aromatic heterocycles. The number of carboxylic acids is 1. The van der Waals surface area contributed by atoms with Crippen molar-refractivity contribution in [2.24, 2.45) is 0 Å². The van der Waals surface area contributed by atoms with Gasteiger partial charge in [0, 0.05) is 22.6 Å². The van der Waals surface area contributed by atoms with Crippen LogP contribution in [-0.2, 0) is 32.0 Å². The van der Waals surface area contributed by atoms with Gasteiger partial charge in [-0.05, 0) is 46.8 Å². The van der Waals surface area contributed by atoms with Gasteiger partial charge in [0.05, 0.1) is 26.2 Å². The molecule has 1 saturated heterocycles. The fraction of sp³-hybridized carbons (Fsp3) is 0.241. The highest BCUT2D eigenvalue weighted by atomic mass is 32.2. The molecule has 1 fully saturated rings. The molecule has 9 nitrogen and oxygen atoms in total. The number of thiophene rings is 1. The van der Waals surface area contributed by atoms with Crippen molar-refractivity contribution in [1.82, 2.24) is 10.2 Å². The molecule has 0 saturated carbocycles. The first-order valence-corrected chi connectivity index (χ1v) is 14.3. The van der Waals surface area contributed by atoms with Gasteiger partial charge in [-0.1, -0.05) is 30.3 Å². The number of ether oxygens (including phenoxy) is 2. The lowest BCUT2D eigenvalue weighted by atomic mass is 9.80. The third kappa shape index (κ3) is 4.98. The summed E-state index contributed by atoms with van der Waals surface area (Å²) in [5.74, 6) is -1.59. The number of amides is 2. The highest BCUT2D eigenvalue weighted by Crippen LogP contribution is 2.49. The Kier molecular flexibility index (Phi) is 7.68. The van der Waals surface area contributed by atoms with Crippen LogP contribution in [0.3, 0.4) is 0 Å². The van der Waals surface area contributed by atoms with Gasteiger partial charge in [-0.3, -0.25) is 14.5 Å². The normalized spacial score (nSPS) is 19.9. The second-order valence-electron chi connectivity index (χ2n) is 9.34. The van der Waals surface area contributed by atoms with E-state index in [4.69, 9.17) is 9.47 Å². The van der Waals surface area contributed by atoms with Crippen LogP contribution in [0.15, 0.2) is 71.7 Å². The number of aliphatic carboxylic acids is 1. The van der Waals surface area contributed by atoms with Crippen molar-refractivity contribution < 1.29 is 33.8 Å². The quantitative estimate of drug-likeness (QED) is 0.292. The molecule has 2 aliphatic heterocycles. The highest BCUT2D eigenvalue weighted by Gasteiger charge is 2.65. The maximum atomic E-state index is 14.0. The first kappa shape index (κ1) is 27.5. The third-order valence-electron chi connectivity index (χ3n) is 6.95. The minimum absolute atomic E-state index is 0.117. The van der Waals surface area contributed by atoms with Gasteiger partial charge in [0.1, 0.15) is 16.8 Å². The molecule has 0 unspecified atom stereocenters. The maximum absolute atomic E-state index is 14.0. The summed E-state index contributed by atoms with van der Waals surface area (Å²) in [6.45, 7) is 0. The van der Waals surface area contributed by atoms with Gasteiger partial charge in [0.15, 0.2) is 5.54 Å². The third-order valence-corrected chi connectivity index (χ3v) is 9.21. The van der Waals surface area contributed by atoms with E-state index in [1.807, 2.05) is 29.6 Å². The smallest absolute Gasteiger partial charge is 0.352 e. The van der Waals surface area contributed by atoms with Crippen LogP contribution in [0, 0.1) is 0 Å². The molecule has 0 spiro atoms. The number of methoxy groups -OCH3 is 2. The summed E-state index contributed by atoms with van der Waals surface area (Å²) < 4.78 is 9.99. The zero-order valence-corrected chi connectivity index (χ0v) is 23.3. The zero-order valence-electron chi connectivity index (χ0n) is 21.7. The van der Waals surface area contributed by atoms with E-state index in [0.29, 0.717) is 28.2 Å². The second kappa shape index (κ2) is 11.2. The van der Waals surface area contributed by atoms with Crippen LogP contribution in [0.1, 0.15) is 26.4 Å². The van der Waals surface area contributed by atoms with Crippen LogP contribution >= 0.6 is 23.1 Å². The predicted octanol–water partition coefficient (Wildman–Crippen LogP) is 3.59. The first-order valence-electron chi connectivity index (χ1n) is 12.3. The number of carbonyl (C=O) groups is 4. The molecule has 206 valence electrons. The molecule has 2 atom stereocenters. The van der Waals surface area contributed by atoms with Gasteiger partial charge in [0.25, 0.3) is 5.91 Å². The van der Waals surface area contributed by atoms with Crippen molar-refractivity contribution in [3.63, 3.8) is 0 Å². The van der Waals surface area contributed by atoms with Gasteiger partial charge >= 0.3 is 11.9 Å². The minimum Gasteiger partial charge on any atom is -0.497 e. The van der Waals surface area contributed by atoms with Crippen molar-refractivity contribution in [1.29, 1.82) is 0 Å². The fourth-order valence-electron chi connectivity index (χ4n) is 5.02. The van der Waals surface area contributed by atoms with Gasteiger partial charge < -0.3 is 19.9 Å². The lowest BCUT2D eigenvalue weighted by Gasteiger charge is -2.57. The molecule has 0 bridgehead atoms. The summed E-state index contributed by atoms with van der Waals surface area (Å²) in [5.41, 5.74) is 0.721. The fourth-order valence-corrected chi connectivity index (χ4v) is 7.23. The summed E-state index contributed by atoms with van der Waals surface area (Å²) in [4.78, 5) is 53.7. The van der Waals surface area contributed by atoms with Gasteiger partial charge in [-0.25, -0.2) is 9.59 Å². The Morgan fingerprint density at radius 2 is 1.80 bits per heavy atom. The van der Waals surface area contributed by atoms with Crippen molar-refractivity contribution in [2.45, 2.75) is 23.8 Å². The lowest BCUT2D eigenvalue weighted by Crippen LogP contribution is -2.80. The molecule has 2 amide bonds. The van der Waals surface area contributed by atoms with Crippen molar-refractivity contribution >= 4 is 52.4 Å². The number of thioether (sulfide) groups is 1. The zero-order chi connectivity index (χ0) is 28.4. The van der Waals surface area contributed by atoms with E-state index in [1.165, 1.54) is 35.1 Å². The second-order valence-corrected chi connectivity index (χ2v) is 11.4. The minimum atomic E-state index is -1.32. The highest BCUT2D eigenvalue weighted by molar-refractivity contribution is 8.00. The Balaban J connectivity index is 1.49. The van der Waals surface area contributed by atoms with Crippen LogP contribution in [0.5, 0.6) is 5.75 Å². The SMILES string of the molecule is COC(=O)c1ccc(C2=C(C(=O)O)N3C(=O)[C@@](Cc4ccc(OC)cc4)(NC(=O)Cc4cccs4)[C@@H]3SC2)cc1. The van der Waals surface area contributed by atoms with Gasteiger partial charge in [-0.2, -0.15) is 0 Å². The molecular weight excluding hydrogens is 552 g/mol. The Morgan fingerprint density at radius 3 is 2.40 bits per heavy atom. The Bertz CT molecular complexity index is 1480. The lowest BCUT2D eigenvalue weighted by molar-refractivity contribution is -0.158. The van der Waals surface area contributed by atoms with E-state index in [1.54, 1.807) is 43.5 Å². The molecule has 0 radical (unpaired) electrons. The van der Waals surface area contributed by atoms with Gasteiger partial charge in [-0.15, -0.1) is 23.1 Å². The molecule has 3 heterocycles. The predicted molar refractivity (Wildman–Crippen MR) is 151 cm³/mol. The van der Waals surface area contributed by atoms with Crippen LogP contribution in [0.2, 0.25) is 0 Å². The molecule has 2 N–H and O–H groups in total. The standard InChI is InChI=1S/C29H26N2O7S2/c1-37-20-11-5-17(6-12-20)15-29(30-23(32)14-21-4-3-13-39-21)27(36)31-24(25(33)34)22(16-40-28(29)31)18-7-9-19(10-8-18)26(35)38-2/h3-13,28H,14-16H2,1-2H3,(H,30,32)(H,33,34)/t28-,29+/m0/s1. The number of carbonyl (C=O) groups excluding carboxylic acids is 3. The number of nitrogens with one attached hydrogen (secondary N) is 1. The molecule has 0 aliphatic carbocycles. The van der Waals surface area contributed by atoms with Crippen LogP contribution in [0.4, 0.5) is 0 Å². The summed E-state index contributed by atoms with van der Waals surface area (Å²) in [6, 6.07) is 17.3. The van der Waals surface area contributed by atoms with E-state index in [2.05, 4.69) is 5.32 Å². The molecule has 11 heteroatoms. The van der Waals surface area contributed by atoms with Gasteiger partial charge in [0.2, 0.25) is 5.91 Å².